The molecule has 0 atom stereocenters. The third kappa shape index (κ3) is 1.74. The highest BCUT2D eigenvalue weighted by molar-refractivity contribution is 6.29. The maximum atomic E-state index is 5.61. The van der Waals surface area contributed by atoms with Gasteiger partial charge in [-0.15, -0.1) is 0 Å². The molecule has 11 heavy (non-hydrogen) atoms. The molecule has 1 rings (SSSR count). The van der Waals surface area contributed by atoms with Crippen LogP contribution in [0.4, 0.5) is 0 Å². The second kappa shape index (κ2) is 3.44. The average molecular weight is 174 g/mol. The highest BCUT2D eigenvalue weighted by Crippen LogP contribution is 2.27. The summed E-state index contributed by atoms with van der Waals surface area (Å²) in [7, 11) is 3.10. The standard InChI is InChI=1S/C7H8ClNO2/c1-10-5-3-7(8)9-4-6(5)11-2/h3-4H,1-2H3. The Morgan fingerprint density at radius 3 is 2.45 bits per heavy atom. The molecule has 0 aliphatic rings. The van der Waals surface area contributed by atoms with E-state index in [1.165, 1.54) is 6.20 Å². The summed E-state index contributed by atoms with van der Waals surface area (Å²) < 4.78 is 9.91. The fourth-order valence-electron chi connectivity index (χ4n) is 0.713. The highest BCUT2D eigenvalue weighted by atomic mass is 35.5. The van der Waals surface area contributed by atoms with E-state index in [1.54, 1.807) is 20.3 Å². The molecule has 60 valence electrons. The van der Waals surface area contributed by atoms with Gasteiger partial charge in [-0.3, -0.25) is 0 Å². The van der Waals surface area contributed by atoms with Crippen molar-refractivity contribution >= 4 is 11.6 Å². The predicted molar refractivity (Wildman–Crippen MR) is 42.4 cm³/mol. The molecule has 0 amide bonds. The molecule has 0 spiro atoms. The molecule has 0 saturated carbocycles. The molecule has 0 aliphatic carbocycles. The van der Waals surface area contributed by atoms with Crippen molar-refractivity contribution in [2.75, 3.05) is 14.2 Å². The van der Waals surface area contributed by atoms with Gasteiger partial charge in [0.2, 0.25) is 0 Å². The molecule has 0 fully saturated rings. The number of rotatable bonds is 2. The van der Waals surface area contributed by atoms with Crippen LogP contribution in [0, 0.1) is 0 Å². The summed E-state index contributed by atoms with van der Waals surface area (Å²) in [6.45, 7) is 0. The molecule has 1 aromatic heterocycles. The van der Waals surface area contributed by atoms with E-state index in [2.05, 4.69) is 4.98 Å². The van der Waals surface area contributed by atoms with Crippen LogP contribution in [0.25, 0.3) is 0 Å². The number of hydrogen-bond acceptors (Lipinski definition) is 3. The Balaban J connectivity index is 3.06. The Hall–Kier alpha value is -0.960. The number of methoxy groups -OCH3 is 2. The van der Waals surface area contributed by atoms with Crippen molar-refractivity contribution in [2.24, 2.45) is 0 Å². The lowest BCUT2D eigenvalue weighted by molar-refractivity contribution is 0.353. The summed E-state index contributed by atoms with van der Waals surface area (Å²) in [6, 6.07) is 1.60. The van der Waals surface area contributed by atoms with Crippen LogP contribution in [-0.2, 0) is 0 Å². The van der Waals surface area contributed by atoms with Gasteiger partial charge in [0, 0.05) is 6.07 Å². The van der Waals surface area contributed by atoms with Gasteiger partial charge in [-0.2, -0.15) is 0 Å². The predicted octanol–water partition coefficient (Wildman–Crippen LogP) is 1.75. The second-order valence-electron chi connectivity index (χ2n) is 1.86. The van der Waals surface area contributed by atoms with Gasteiger partial charge in [-0.05, 0) is 0 Å². The van der Waals surface area contributed by atoms with Crippen molar-refractivity contribution in [1.82, 2.24) is 4.98 Å². The van der Waals surface area contributed by atoms with Crippen LogP contribution >= 0.6 is 11.6 Å². The minimum absolute atomic E-state index is 0.391. The van der Waals surface area contributed by atoms with Crippen LogP contribution in [0.15, 0.2) is 12.3 Å². The summed E-state index contributed by atoms with van der Waals surface area (Å²) >= 11 is 5.61. The fourth-order valence-corrected chi connectivity index (χ4v) is 0.861. The van der Waals surface area contributed by atoms with E-state index in [1.807, 2.05) is 0 Å². The first-order valence-corrected chi connectivity index (χ1v) is 3.39. The van der Waals surface area contributed by atoms with Gasteiger partial charge in [0.25, 0.3) is 0 Å². The van der Waals surface area contributed by atoms with Crippen LogP contribution in [0.5, 0.6) is 11.5 Å². The molecule has 1 heterocycles. The summed E-state index contributed by atoms with van der Waals surface area (Å²) in [4.78, 5) is 3.82. The van der Waals surface area contributed by atoms with Crippen LogP contribution in [0.1, 0.15) is 0 Å². The lowest BCUT2D eigenvalue weighted by Gasteiger charge is -2.05. The summed E-state index contributed by atoms with van der Waals surface area (Å²) in [6.07, 6.45) is 1.52. The van der Waals surface area contributed by atoms with Crippen molar-refractivity contribution < 1.29 is 9.47 Å². The van der Waals surface area contributed by atoms with Crippen molar-refractivity contribution in [3.63, 3.8) is 0 Å². The molecule has 1 aromatic rings. The molecule has 0 unspecified atom stereocenters. The van der Waals surface area contributed by atoms with Gasteiger partial charge in [0.15, 0.2) is 11.5 Å². The second-order valence-corrected chi connectivity index (χ2v) is 2.25. The SMILES string of the molecule is COc1cnc(Cl)cc1OC. The van der Waals surface area contributed by atoms with Crippen molar-refractivity contribution in [1.29, 1.82) is 0 Å². The van der Waals surface area contributed by atoms with Crippen LogP contribution in [-0.4, -0.2) is 19.2 Å². The van der Waals surface area contributed by atoms with Crippen molar-refractivity contribution in [2.45, 2.75) is 0 Å². The molecular formula is C7H8ClNO2. The zero-order valence-electron chi connectivity index (χ0n) is 6.30. The van der Waals surface area contributed by atoms with E-state index < -0.39 is 0 Å². The lowest BCUT2D eigenvalue weighted by atomic mass is 10.4. The number of halogens is 1. The first-order chi connectivity index (χ1) is 5.27. The van der Waals surface area contributed by atoms with Crippen LogP contribution in [0.2, 0.25) is 5.15 Å². The third-order valence-electron chi connectivity index (χ3n) is 1.24. The quantitative estimate of drug-likeness (QED) is 0.639. The largest absolute Gasteiger partial charge is 0.493 e. The Labute approximate surface area is 69.9 Å². The minimum Gasteiger partial charge on any atom is -0.493 e. The van der Waals surface area contributed by atoms with E-state index in [4.69, 9.17) is 21.1 Å². The van der Waals surface area contributed by atoms with Crippen LogP contribution in [0.3, 0.4) is 0 Å². The third-order valence-corrected chi connectivity index (χ3v) is 1.44. The molecule has 4 heteroatoms. The van der Waals surface area contributed by atoms with E-state index in [0.29, 0.717) is 16.7 Å². The number of aromatic nitrogens is 1. The summed E-state index contributed by atoms with van der Waals surface area (Å²) in [5.74, 6) is 1.17. The zero-order chi connectivity index (χ0) is 8.27. The molecule has 0 radical (unpaired) electrons. The lowest BCUT2D eigenvalue weighted by Crippen LogP contribution is -1.90. The minimum atomic E-state index is 0.391. The van der Waals surface area contributed by atoms with E-state index in [9.17, 15) is 0 Å². The topological polar surface area (TPSA) is 31.4 Å². The van der Waals surface area contributed by atoms with E-state index >= 15 is 0 Å². The smallest absolute Gasteiger partial charge is 0.179 e. The number of pyridine rings is 1. The van der Waals surface area contributed by atoms with Gasteiger partial charge in [0.1, 0.15) is 5.15 Å². The summed E-state index contributed by atoms with van der Waals surface area (Å²) in [5.41, 5.74) is 0. The molecular weight excluding hydrogens is 166 g/mol. The highest BCUT2D eigenvalue weighted by Gasteiger charge is 2.02. The van der Waals surface area contributed by atoms with E-state index in [0.717, 1.165) is 0 Å². The number of ether oxygens (including phenoxy) is 2. The molecule has 3 nitrogen and oxygen atoms in total. The van der Waals surface area contributed by atoms with Gasteiger partial charge in [-0.1, -0.05) is 11.6 Å². The maximum Gasteiger partial charge on any atom is 0.179 e. The first-order valence-electron chi connectivity index (χ1n) is 3.01. The average Bonchev–Trinajstić information content (AvgIpc) is 2.04. The Morgan fingerprint density at radius 1 is 1.27 bits per heavy atom. The van der Waals surface area contributed by atoms with Crippen molar-refractivity contribution in [3.8, 4) is 11.5 Å². The number of nitrogens with zero attached hydrogens (tertiary/aromatic N) is 1. The molecule has 0 bridgehead atoms. The maximum absolute atomic E-state index is 5.61. The van der Waals surface area contributed by atoms with Gasteiger partial charge >= 0.3 is 0 Å². The van der Waals surface area contributed by atoms with Gasteiger partial charge < -0.3 is 9.47 Å². The Morgan fingerprint density at radius 2 is 1.91 bits per heavy atom. The molecule has 0 aliphatic heterocycles. The fraction of sp³-hybridized carbons (Fsp3) is 0.286. The Bertz CT molecular complexity index is 252. The normalized spacial score (nSPS) is 9.36. The van der Waals surface area contributed by atoms with Gasteiger partial charge in [-0.25, -0.2) is 4.98 Å². The first kappa shape index (κ1) is 8.14. The molecule has 0 aromatic carbocycles. The summed E-state index contributed by atoms with van der Waals surface area (Å²) in [5, 5.41) is 0.391. The molecule has 0 saturated heterocycles. The van der Waals surface area contributed by atoms with Crippen LogP contribution < -0.4 is 9.47 Å². The van der Waals surface area contributed by atoms with Crippen molar-refractivity contribution in [3.05, 3.63) is 17.4 Å². The number of hydrogen-bond donors (Lipinski definition) is 0. The van der Waals surface area contributed by atoms with E-state index in [-0.39, 0.29) is 0 Å². The van der Waals surface area contributed by atoms with Gasteiger partial charge in [0.05, 0.1) is 20.4 Å². The monoisotopic (exact) mass is 173 g/mol. The zero-order valence-corrected chi connectivity index (χ0v) is 7.05. The Kier molecular flexibility index (Phi) is 2.54. The molecule has 0 N–H and O–H groups in total.